The van der Waals surface area contributed by atoms with Crippen molar-refractivity contribution in [2.45, 2.75) is 44.8 Å². The maximum absolute atomic E-state index is 9.19. The highest BCUT2D eigenvalue weighted by Crippen LogP contribution is 2.30. The monoisotopic (exact) mass is 212 g/mol. The van der Waals surface area contributed by atoms with Gasteiger partial charge < -0.3 is 15.3 Å². The molecule has 0 aromatic heterocycles. The van der Waals surface area contributed by atoms with Gasteiger partial charge in [-0.05, 0) is 51.6 Å². The van der Waals surface area contributed by atoms with Gasteiger partial charge in [-0.2, -0.15) is 0 Å². The number of rotatable bonds is 5. The topological polar surface area (TPSA) is 35.5 Å². The first-order valence-electron chi connectivity index (χ1n) is 6.38. The summed E-state index contributed by atoms with van der Waals surface area (Å²) in [6.45, 7) is 6.41. The van der Waals surface area contributed by atoms with Crippen LogP contribution in [0.4, 0.5) is 0 Å². The SMILES string of the molecule is CC(O)CNC1CCN(CC2CC2)CC1. The molecule has 2 aliphatic rings. The molecule has 1 heterocycles. The first-order valence-corrected chi connectivity index (χ1v) is 6.38. The fourth-order valence-corrected chi connectivity index (χ4v) is 2.32. The second-order valence-electron chi connectivity index (χ2n) is 5.28. The molecule has 2 fully saturated rings. The minimum atomic E-state index is -0.213. The molecule has 0 radical (unpaired) electrons. The molecule has 1 aliphatic carbocycles. The first-order chi connectivity index (χ1) is 7.24. The molecule has 1 saturated carbocycles. The van der Waals surface area contributed by atoms with Gasteiger partial charge in [0.1, 0.15) is 0 Å². The Labute approximate surface area is 92.8 Å². The molecule has 0 spiro atoms. The lowest BCUT2D eigenvalue weighted by atomic mass is 10.0. The minimum Gasteiger partial charge on any atom is -0.392 e. The van der Waals surface area contributed by atoms with Crippen LogP contribution in [0.5, 0.6) is 0 Å². The van der Waals surface area contributed by atoms with Crippen molar-refractivity contribution in [1.82, 2.24) is 10.2 Å². The van der Waals surface area contributed by atoms with E-state index in [1.54, 1.807) is 0 Å². The molecule has 0 bridgehead atoms. The lowest BCUT2D eigenvalue weighted by Gasteiger charge is -2.32. The van der Waals surface area contributed by atoms with Gasteiger partial charge in [0.15, 0.2) is 0 Å². The highest BCUT2D eigenvalue weighted by molar-refractivity contribution is 4.82. The van der Waals surface area contributed by atoms with Crippen LogP contribution < -0.4 is 5.32 Å². The van der Waals surface area contributed by atoms with Crippen LogP contribution in [0.1, 0.15) is 32.6 Å². The van der Waals surface area contributed by atoms with Crippen molar-refractivity contribution in [1.29, 1.82) is 0 Å². The van der Waals surface area contributed by atoms with E-state index in [0.29, 0.717) is 6.04 Å². The number of hydrogen-bond donors (Lipinski definition) is 2. The Bertz CT molecular complexity index is 184. The summed E-state index contributed by atoms with van der Waals surface area (Å²) in [5.41, 5.74) is 0. The van der Waals surface area contributed by atoms with Crippen LogP contribution in [0.3, 0.4) is 0 Å². The first kappa shape index (κ1) is 11.4. The quantitative estimate of drug-likeness (QED) is 0.708. The van der Waals surface area contributed by atoms with Crippen LogP contribution in [0.15, 0.2) is 0 Å². The number of likely N-dealkylation sites (tertiary alicyclic amines) is 1. The van der Waals surface area contributed by atoms with Crippen LogP contribution in [-0.2, 0) is 0 Å². The van der Waals surface area contributed by atoms with E-state index in [-0.39, 0.29) is 6.10 Å². The van der Waals surface area contributed by atoms with Crippen molar-refractivity contribution < 1.29 is 5.11 Å². The molecule has 1 aliphatic heterocycles. The maximum atomic E-state index is 9.19. The smallest absolute Gasteiger partial charge is 0.0636 e. The Morgan fingerprint density at radius 2 is 1.93 bits per heavy atom. The summed E-state index contributed by atoms with van der Waals surface area (Å²) in [5.74, 6) is 1.02. The average Bonchev–Trinajstić information content (AvgIpc) is 3.01. The van der Waals surface area contributed by atoms with Crippen molar-refractivity contribution in [3.63, 3.8) is 0 Å². The fraction of sp³-hybridized carbons (Fsp3) is 1.00. The van der Waals surface area contributed by atoms with Crippen LogP contribution in [0.25, 0.3) is 0 Å². The minimum absolute atomic E-state index is 0.213. The van der Waals surface area contributed by atoms with E-state index >= 15 is 0 Å². The van der Waals surface area contributed by atoms with E-state index in [4.69, 9.17) is 0 Å². The molecule has 88 valence electrons. The maximum Gasteiger partial charge on any atom is 0.0636 e. The predicted molar refractivity (Wildman–Crippen MR) is 61.9 cm³/mol. The molecule has 0 amide bonds. The molecule has 1 atom stereocenters. The Morgan fingerprint density at radius 1 is 1.27 bits per heavy atom. The summed E-state index contributed by atoms with van der Waals surface area (Å²) < 4.78 is 0. The van der Waals surface area contributed by atoms with Crippen molar-refractivity contribution in [2.24, 2.45) is 5.92 Å². The molecule has 2 rings (SSSR count). The van der Waals surface area contributed by atoms with Crippen molar-refractivity contribution in [3.05, 3.63) is 0 Å². The van der Waals surface area contributed by atoms with E-state index in [0.717, 1.165) is 12.5 Å². The Hall–Kier alpha value is -0.120. The summed E-state index contributed by atoms with van der Waals surface area (Å²) in [7, 11) is 0. The number of hydrogen-bond acceptors (Lipinski definition) is 3. The van der Waals surface area contributed by atoms with Crippen molar-refractivity contribution in [3.8, 4) is 0 Å². The van der Waals surface area contributed by atoms with Gasteiger partial charge in [0.25, 0.3) is 0 Å². The summed E-state index contributed by atoms with van der Waals surface area (Å²) in [6, 6.07) is 0.634. The Balaban J connectivity index is 1.58. The summed E-state index contributed by atoms with van der Waals surface area (Å²) in [4.78, 5) is 2.61. The third-order valence-corrected chi connectivity index (χ3v) is 3.50. The zero-order valence-electron chi connectivity index (χ0n) is 9.78. The zero-order valence-corrected chi connectivity index (χ0v) is 9.78. The lowest BCUT2D eigenvalue weighted by Crippen LogP contribution is -2.44. The highest BCUT2D eigenvalue weighted by Gasteiger charge is 2.26. The van der Waals surface area contributed by atoms with Gasteiger partial charge in [0.05, 0.1) is 6.10 Å². The normalized spacial score (nSPS) is 26.8. The van der Waals surface area contributed by atoms with E-state index in [9.17, 15) is 5.11 Å². The van der Waals surface area contributed by atoms with Gasteiger partial charge >= 0.3 is 0 Å². The molecular weight excluding hydrogens is 188 g/mol. The number of nitrogens with one attached hydrogen (secondary N) is 1. The second-order valence-corrected chi connectivity index (χ2v) is 5.28. The van der Waals surface area contributed by atoms with E-state index in [1.807, 2.05) is 6.92 Å². The summed E-state index contributed by atoms with van der Waals surface area (Å²) >= 11 is 0. The standard InChI is InChI=1S/C12H24N2O/c1-10(15)8-13-12-4-6-14(7-5-12)9-11-2-3-11/h10-13,15H,2-9H2,1H3. The number of aliphatic hydroxyl groups excluding tert-OH is 1. The van der Waals surface area contributed by atoms with Gasteiger partial charge in [0.2, 0.25) is 0 Å². The van der Waals surface area contributed by atoms with Gasteiger partial charge in [-0.1, -0.05) is 0 Å². The van der Waals surface area contributed by atoms with E-state index in [2.05, 4.69) is 10.2 Å². The number of aliphatic hydroxyl groups is 1. The third kappa shape index (κ3) is 4.09. The molecule has 3 nitrogen and oxygen atoms in total. The number of piperidine rings is 1. The summed E-state index contributed by atoms with van der Waals surface area (Å²) in [6.07, 6.45) is 5.20. The largest absolute Gasteiger partial charge is 0.392 e. The summed E-state index contributed by atoms with van der Waals surface area (Å²) in [5, 5.41) is 12.6. The molecule has 0 aromatic carbocycles. The number of nitrogens with zero attached hydrogens (tertiary/aromatic N) is 1. The second kappa shape index (κ2) is 5.28. The lowest BCUT2D eigenvalue weighted by molar-refractivity contribution is 0.159. The van der Waals surface area contributed by atoms with E-state index < -0.39 is 0 Å². The van der Waals surface area contributed by atoms with Gasteiger partial charge in [-0.25, -0.2) is 0 Å². The van der Waals surface area contributed by atoms with Crippen LogP contribution in [-0.4, -0.2) is 48.3 Å². The van der Waals surface area contributed by atoms with Gasteiger partial charge in [-0.3, -0.25) is 0 Å². The molecule has 3 heteroatoms. The Morgan fingerprint density at radius 3 is 2.47 bits per heavy atom. The molecular formula is C12H24N2O. The molecule has 1 unspecified atom stereocenters. The molecule has 2 N–H and O–H groups in total. The molecule has 1 saturated heterocycles. The molecule has 15 heavy (non-hydrogen) atoms. The van der Waals surface area contributed by atoms with Crippen LogP contribution >= 0.6 is 0 Å². The van der Waals surface area contributed by atoms with Crippen LogP contribution in [0.2, 0.25) is 0 Å². The average molecular weight is 212 g/mol. The molecule has 0 aromatic rings. The van der Waals surface area contributed by atoms with Gasteiger partial charge in [-0.15, -0.1) is 0 Å². The van der Waals surface area contributed by atoms with Crippen LogP contribution in [0, 0.1) is 5.92 Å². The Kier molecular flexibility index (Phi) is 4.00. The third-order valence-electron chi connectivity index (χ3n) is 3.50. The van der Waals surface area contributed by atoms with Gasteiger partial charge in [0, 0.05) is 19.1 Å². The predicted octanol–water partition coefficient (Wildman–Crippen LogP) is 0.831. The van der Waals surface area contributed by atoms with E-state index in [1.165, 1.54) is 45.3 Å². The van der Waals surface area contributed by atoms with Crippen molar-refractivity contribution >= 4 is 0 Å². The van der Waals surface area contributed by atoms with Crippen molar-refractivity contribution in [2.75, 3.05) is 26.2 Å². The highest BCUT2D eigenvalue weighted by atomic mass is 16.3. The fourth-order valence-electron chi connectivity index (χ4n) is 2.32. The zero-order chi connectivity index (χ0) is 10.7.